The van der Waals surface area contributed by atoms with E-state index in [2.05, 4.69) is 5.32 Å². The molecule has 0 bridgehead atoms. The number of aryl methyl sites for hydroxylation is 1. The average molecular weight is 437 g/mol. The number of methoxy groups -OCH3 is 3. The van der Waals surface area contributed by atoms with Crippen LogP contribution in [0.4, 0.5) is 5.69 Å². The van der Waals surface area contributed by atoms with Gasteiger partial charge in [-0.2, -0.15) is 0 Å². The van der Waals surface area contributed by atoms with E-state index in [1.54, 1.807) is 19.1 Å². The summed E-state index contributed by atoms with van der Waals surface area (Å²) in [4.78, 5) is 13.1. The summed E-state index contributed by atoms with van der Waals surface area (Å²) in [6.07, 6.45) is 0. The van der Waals surface area contributed by atoms with Crippen LogP contribution in [-0.2, 0) is 14.8 Å². The number of hydrogen-bond donors (Lipinski definition) is 1. The monoisotopic (exact) mass is 436 g/mol. The van der Waals surface area contributed by atoms with Crippen LogP contribution in [0.1, 0.15) is 22.8 Å². The molecule has 164 valence electrons. The van der Waals surface area contributed by atoms with Crippen LogP contribution >= 0.6 is 0 Å². The lowest BCUT2D eigenvalue weighted by Gasteiger charge is -2.24. The Morgan fingerprint density at radius 2 is 1.63 bits per heavy atom. The molecule has 2 aromatic carbocycles. The highest BCUT2D eigenvalue weighted by Gasteiger charge is 2.28. The lowest BCUT2D eigenvalue weighted by molar-refractivity contribution is 0.0906. The normalized spacial score (nSPS) is 12.2. The van der Waals surface area contributed by atoms with Gasteiger partial charge in [0.1, 0.15) is 0 Å². The van der Waals surface area contributed by atoms with E-state index in [1.807, 2.05) is 6.92 Å². The van der Waals surface area contributed by atoms with Crippen molar-refractivity contribution < 1.29 is 27.4 Å². The minimum Gasteiger partial charge on any atom is -0.493 e. The maximum atomic E-state index is 13.2. The maximum Gasteiger partial charge on any atom is 0.264 e. The number of rotatable bonds is 9. The summed E-state index contributed by atoms with van der Waals surface area (Å²) in [5.74, 6) is 0.160. The van der Waals surface area contributed by atoms with E-state index in [9.17, 15) is 13.2 Å². The summed E-state index contributed by atoms with van der Waals surface area (Å²) in [5.41, 5.74) is 1.24. The number of carbonyl (C=O) groups is 1. The molecular weight excluding hydrogens is 408 g/mol. The highest BCUT2D eigenvalue weighted by atomic mass is 32.2. The van der Waals surface area contributed by atoms with Crippen LogP contribution in [-0.4, -0.2) is 55.4 Å². The Morgan fingerprint density at radius 1 is 1.07 bits per heavy atom. The molecule has 1 N–H and O–H groups in total. The number of nitrogens with one attached hydrogen (secondary N) is 1. The first kappa shape index (κ1) is 23.5. The number of benzene rings is 2. The van der Waals surface area contributed by atoms with Crippen LogP contribution in [0.2, 0.25) is 0 Å². The quantitative estimate of drug-likeness (QED) is 0.649. The van der Waals surface area contributed by atoms with E-state index < -0.39 is 15.9 Å². The molecule has 30 heavy (non-hydrogen) atoms. The average Bonchev–Trinajstić information content (AvgIpc) is 2.72. The molecule has 0 unspecified atom stereocenters. The van der Waals surface area contributed by atoms with E-state index in [0.717, 1.165) is 9.87 Å². The van der Waals surface area contributed by atoms with Crippen molar-refractivity contribution in [1.29, 1.82) is 0 Å². The highest BCUT2D eigenvalue weighted by Crippen LogP contribution is 2.36. The Hall–Kier alpha value is -2.78. The summed E-state index contributed by atoms with van der Waals surface area (Å²) >= 11 is 0. The van der Waals surface area contributed by atoms with Crippen LogP contribution in [0, 0.1) is 6.92 Å². The smallest absolute Gasteiger partial charge is 0.264 e. The first-order valence-corrected chi connectivity index (χ1v) is 10.7. The topological polar surface area (TPSA) is 94.2 Å². The molecule has 2 aromatic rings. The standard InChI is InChI=1S/C21H28N2O6S/c1-14-7-9-16(10-8-14)30(25,26)23(3)18-12-20(29-6)19(28-5)11-17(18)21(24)22-15(2)13-27-4/h7-12,15H,13H2,1-6H3,(H,22,24)/t15-/m1/s1. The van der Waals surface area contributed by atoms with Gasteiger partial charge in [-0.25, -0.2) is 8.42 Å². The molecule has 0 saturated heterocycles. The van der Waals surface area contributed by atoms with Crippen molar-refractivity contribution in [3.8, 4) is 11.5 Å². The van der Waals surface area contributed by atoms with Gasteiger partial charge in [0.2, 0.25) is 0 Å². The molecule has 0 spiro atoms. The van der Waals surface area contributed by atoms with Gasteiger partial charge in [0.25, 0.3) is 15.9 Å². The maximum absolute atomic E-state index is 13.2. The number of hydrogen-bond acceptors (Lipinski definition) is 6. The second-order valence-electron chi connectivity index (χ2n) is 6.84. The van der Waals surface area contributed by atoms with E-state index in [0.29, 0.717) is 18.1 Å². The van der Waals surface area contributed by atoms with E-state index >= 15 is 0 Å². The molecule has 0 fully saturated rings. The molecule has 0 aliphatic rings. The zero-order chi connectivity index (χ0) is 22.5. The largest absolute Gasteiger partial charge is 0.493 e. The van der Waals surface area contributed by atoms with Gasteiger partial charge in [0, 0.05) is 26.3 Å². The number of anilines is 1. The summed E-state index contributed by atoms with van der Waals surface area (Å²) < 4.78 is 43.1. The number of carbonyl (C=O) groups excluding carboxylic acids is 1. The molecule has 8 nitrogen and oxygen atoms in total. The van der Waals surface area contributed by atoms with Crippen LogP contribution in [0.5, 0.6) is 11.5 Å². The molecule has 0 aliphatic carbocycles. The molecule has 1 atom stereocenters. The fraction of sp³-hybridized carbons (Fsp3) is 0.381. The first-order chi connectivity index (χ1) is 14.1. The lowest BCUT2D eigenvalue weighted by atomic mass is 10.1. The van der Waals surface area contributed by atoms with Gasteiger partial charge >= 0.3 is 0 Å². The second-order valence-corrected chi connectivity index (χ2v) is 8.81. The molecule has 9 heteroatoms. The third-order valence-corrected chi connectivity index (χ3v) is 6.34. The van der Waals surface area contributed by atoms with E-state index in [4.69, 9.17) is 14.2 Å². The predicted octanol–water partition coefficient (Wildman–Crippen LogP) is 2.60. The van der Waals surface area contributed by atoms with Gasteiger partial charge < -0.3 is 19.5 Å². The van der Waals surface area contributed by atoms with Crippen LogP contribution in [0.15, 0.2) is 41.3 Å². The Balaban J connectivity index is 2.58. The van der Waals surface area contributed by atoms with Crippen molar-refractivity contribution in [2.24, 2.45) is 0 Å². The highest BCUT2D eigenvalue weighted by molar-refractivity contribution is 7.92. The third-order valence-electron chi connectivity index (χ3n) is 4.56. The number of nitrogens with zero attached hydrogens (tertiary/aromatic N) is 1. The van der Waals surface area contributed by atoms with E-state index in [-0.39, 0.29) is 22.2 Å². The zero-order valence-electron chi connectivity index (χ0n) is 18.1. The van der Waals surface area contributed by atoms with Crippen molar-refractivity contribution in [3.63, 3.8) is 0 Å². The predicted molar refractivity (Wildman–Crippen MR) is 115 cm³/mol. The van der Waals surface area contributed by atoms with Gasteiger partial charge in [-0.3, -0.25) is 9.10 Å². The summed E-state index contributed by atoms with van der Waals surface area (Å²) in [5, 5.41) is 2.80. The van der Waals surface area contributed by atoms with Gasteiger partial charge in [-0.1, -0.05) is 17.7 Å². The van der Waals surface area contributed by atoms with Gasteiger partial charge in [-0.05, 0) is 32.0 Å². The van der Waals surface area contributed by atoms with Crippen molar-refractivity contribution in [1.82, 2.24) is 5.32 Å². The summed E-state index contributed by atoms with van der Waals surface area (Å²) in [6.45, 7) is 3.97. The number of amides is 1. The Kier molecular flexibility index (Phi) is 7.69. The van der Waals surface area contributed by atoms with Crippen molar-refractivity contribution in [3.05, 3.63) is 47.5 Å². The molecule has 0 aliphatic heterocycles. The first-order valence-electron chi connectivity index (χ1n) is 9.27. The molecular formula is C21H28N2O6S. The fourth-order valence-electron chi connectivity index (χ4n) is 2.90. The van der Waals surface area contributed by atoms with Gasteiger partial charge in [0.15, 0.2) is 11.5 Å². The molecule has 1 amide bonds. The van der Waals surface area contributed by atoms with Crippen molar-refractivity contribution in [2.45, 2.75) is 24.8 Å². The zero-order valence-corrected chi connectivity index (χ0v) is 18.9. The third kappa shape index (κ3) is 5.03. The second kappa shape index (κ2) is 9.82. The lowest BCUT2D eigenvalue weighted by Crippen LogP contribution is -2.37. The minimum absolute atomic E-state index is 0.115. The Bertz CT molecular complexity index is 989. The molecule has 0 aromatic heterocycles. The summed E-state index contributed by atoms with van der Waals surface area (Å²) in [6, 6.07) is 9.16. The molecule has 2 rings (SSSR count). The molecule has 0 radical (unpaired) electrons. The van der Waals surface area contributed by atoms with Gasteiger partial charge in [-0.15, -0.1) is 0 Å². The van der Waals surface area contributed by atoms with Crippen LogP contribution in [0.3, 0.4) is 0 Å². The number of ether oxygens (including phenoxy) is 3. The fourth-order valence-corrected chi connectivity index (χ4v) is 4.11. The molecule has 0 saturated carbocycles. The molecule has 0 heterocycles. The Morgan fingerprint density at radius 3 is 2.17 bits per heavy atom. The minimum atomic E-state index is -3.92. The van der Waals surface area contributed by atoms with Gasteiger partial charge in [0.05, 0.1) is 37.0 Å². The van der Waals surface area contributed by atoms with E-state index in [1.165, 1.54) is 52.6 Å². The summed E-state index contributed by atoms with van der Waals surface area (Å²) in [7, 11) is 1.90. The van der Waals surface area contributed by atoms with Crippen LogP contribution < -0.4 is 19.1 Å². The van der Waals surface area contributed by atoms with Crippen molar-refractivity contribution in [2.75, 3.05) is 39.3 Å². The van der Waals surface area contributed by atoms with Crippen LogP contribution in [0.25, 0.3) is 0 Å². The number of sulfonamides is 1. The Labute approximate surface area is 177 Å². The SMILES string of the molecule is COC[C@@H](C)NC(=O)c1cc(OC)c(OC)cc1N(C)S(=O)(=O)c1ccc(C)cc1. The van der Waals surface area contributed by atoms with Crippen molar-refractivity contribution >= 4 is 21.6 Å².